The molecule has 1 N–H and O–H groups in total. The first-order valence-corrected chi connectivity index (χ1v) is 5.53. The molecule has 1 heterocycles. The van der Waals surface area contributed by atoms with Gasteiger partial charge in [0.2, 0.25) is 0 Å². The van der Waals surface area contributed by atoms with Gasteiger partial charge in [0, 0.05) is 25.2 Å². The molecule has 2 rings (SSSR count). The largest absolute Gasteiger partial charge is 0.310 e. The molecule has 1 fully saturated rings. The van der Waals surface area contributed by atoms with E-state index in [2.05, 4.69) is 17.3 Å². The van der Waals surface area contributed by atoms with E-state index >= 15 is 0 Å². The quantitative estimate of drug-likeness (QED) is 0.828. The average molecular weight is 214 g/mol. The first kappa shape index (κ1) is 9.99. The highest BCUT2D eigenvalue weighted by Crippen LogP contribution is 2.23. The van der Waals surface area contributed by atoms with Gasteiger partial charge in [-0.05, 0) is 19.3 Å². The molecule has 1 aliphatic rings. The van der Waals surface area contributed by atoms with Gasteiger partial charge in [0.15, 0.2) is 0 Å². The summed E-state index contributed by atoms with van der Waals surface area (Å²) in [6, 6.07) is 0.718. The molecule has 0 aliphatic heterocycles. The molecule has 14 heavy (non-hydrogen) atoms. The first-order chi connectivity index (χ1) is 6.72. The molecule has 0 bridgehead atoms. The maximum absolute atomic E-state index is 6.16. The van der Waals surface area contributed by atoms with Crippen molar-refractivity contribution < 1.29 is 0 Å². The molecule has 0 radical (unpaired) electrons. The molecule has 0 atom stereocenters. The molecule has 78 valence electrons. The zero-order chi connectivity index (χ0) is 10.1. The van der Waals surface area contributed by atoms with E-state index in [0.717, 1.165) is 29.9 Å². The minimum atomic E-state index is 0.718. The van der Waals surface area contributed by atoms with Crippen LogP contribution in [-0.2, 0) is 20.0 Å². The Labute approximate surface area is 89.4 Å². The van der Waals surface area contributed by atoms with Crippen molar-refractivity contribution in [3.05, 3.63) is 16.4 Å². The van der Waals surface area contributed by atoms with E-state index in [1.54, 1.807) is 4.68 Å². The molecule has 0 spiro atoms. The summed E-state index contributed by atoms with van der Waals surface area (Å²) >= 11 is 6.16. The van der Waals surface area contributed by atoms with Crippen molar-refractivity contribution in [1.82, 2.24) is 15.1 Å². The van der Waals surface area contributed by atoms with Crippen molar-refractivity contribution in [2.24, 2.45) is 7.05 Å². The highest BCUT2D eigenvalue weighted by atomic mass is 35.5. The minimum Gasteiger partial charge on any atom is -0.310 e. The normalized spacial score (nSPS) is 16.2. The Morgan fingerprint density at radius 2 is 2.29 bits per heavy atom. The topological polar surface area (TPSA) is 29.9 Å². The second kappa shape index (κ2) is 3.91. The highest BCUT2D eigenvalue weighted by Gasteiger charge is 2.22. The molecule has 1 aromatic rings. The molecule has 1 aliphatic carbocycles. The van der Waals surface area contributed by atoms with Crippen LogP contribution in [0.25, 0.3) is 0 Å². The van der Waals surface area contributed by atoms with Crippen LogP contribution < -0.4 is 5.32 Å². The Morgan fingerprint density at radius 1 is 1.57 bits per heavy atom. The third kappa shape index (κ3) is 1.93. The Kier molecular flexibility index (Phi) is 2.79. The van der Waals surface area contributed by atoms with Gasteiger partial charge in [-0.2, -0.15) is 5.10 Å². The number of nitrogens with zero attached hydrogens (tertiary/aromatic N) is 2. The molecule has 3 nitrogen and oxygen atoms in total. The third-order valence-corrected chi connectivity index (χ3v) is 3.10. The van der Waals surface area contributed by atoms with Crippen LogP contribution in [0.1, 0.15) is 31.0 Å². The van der Waals surface area contributed by atoms with Crippen molar-refractivity contribution in [1.29, 1.82) is 0 Å². The molecule has 1 aromatic heterocycles. The van der Waals surface area contributed by atoms with E-state index in [0.29, 0.717) is 0 Å². The van der Waals surface area contributed by atoms with Crippen LogP contribution in [0.4, 0.5) is 0 Å². The molecule has 0 aromatic carbocycles. The standard InChI is InChI=1S/C10H16ClN3/c1-3-9-8(6-12-7-4-5-7)10(11)14(2)13-9/h7,12H,3-6H2,1-2H3. The van der Waals surface area contributed by atoms with Gasteiger partial charge < -0.3 is 5.32 Å². The zero-order valence-electron chi connectivity index (χ0n) is 8.68. The maximum Gasteiger partial charge on any atom is 0.131 e. The Morgan fingerprint density at radius 3 is 2.86 bits per heavy atom. The van der Waals surface area contributed by atoms with Crippen molar-refractivity contribution in [3.63, 3.8) is 0 Å². The predicted molar refractivity (Wildman–Crippen MR) is 57.5 cm³/mol. The first-order valence-electron chi connectivity index (χ1n) is 5.16. The van der Waals surface area contributed by atoms with E-state index < -0.39 is 0 Å². The van der Waals surface area contributed by atoms with Crippen LogP contribution in [0, 0.1) is 0 Å². The number of aromatic nitrogens is 2. The second-order valence-electron chi connectivity index (χ2n) is 3.85. The number of hydrogen-bond acceptors (Lipinski definition) is 2. The van der Waals surface area contributed by atoms with Gasteiger partial charge in [0.25, 0.3) is 0 Å². The van der Waals surface area contributed by atoms with E-state index in [1.165, 1.54) is 18.4 Å². The molecular formula is C10H16ClN3. The van der Waals surface area contributed by atoms with Crippen LogP contribution in [-0.4, -0.2) is 15.8 Å². The Balaban J connectivity index is 2.11. The summed E-state index contributed by atoms with van der Waals surface area (Å²) in [4.78, 5) is 0. The summed E-state index contributed by atoms with van der Waals surface area (Å²) in [6.45, 7) is 2.97. The lowest BCUT2D eigenvalue weighted by atomic mass is 10.2. The van der Waals surface area contributed by atoms with E-state index in [4.69, 9.17) is 11.6 Å². The fourth-order valence-electron chi connectivity index (χ4n) is 1.59. The Bertz CT molecular complexity index is 328. The van der Waals surface area contributed by atoms with E-state index in [9.17, 15) is 0 Å². The highest BCUT2D eigenvalue weighted by molar-refractivity contribution is 6.30. The van der Waals surface area contributed by atoms with Crippen LogP contribution in [0.15, 0.2) is 0 Å². The number of aryl methyl sites for hydroxylation is 2. The number of nitrogens with one attached hydrogen (secondary N) is 1. The summed E-state index contributed by atoms with van der Waals surface area (Å²) in [5, 5.41) is 8.61. The second-order valence-corrected chi connectivity index (χ2v) is 4.21. The lowest BCUT2D eigenvalue weighted by Gasteiger charge is -2.02. The summed E-state index contributed by atoms with van der Waals surface area (Å²) in [5.41, 5.74) is 2.29. The lowest BCUT2D eigenvalue weighted by Crippen LogP contribution is -2.16. The summed E-state index contributed by atoms with van der Waals surface area (Å²) < 4.78 is 1.75. The summed E-state index contributed by atoms with van der Waals surface area (Å²) in [5.74, 6) is 0. The minimum absolute atomic E-state index is 0.718. The molecule has 1 saturated carbocycles. The van der Waals surface area contributed by atoms with Crippen molar-refractivity contribution in [3.8, 4) is 0 Å². The van der Waals surface area contributed by atoms with Crippen LogP contribution in [0.3, 0.4) is 0 Å². The molecule has 0 unspecified atom stereocenters. The molecule has 0 saturated heterocycles. The van der Waals surface area contributed by atoms with Gasteiger partial charge in [0.05, 0.1) is 5.69 Å². The van der Waals surface area contributed by atoms with Crippen LogP contribution in [0.2, 0.25) is 5.15 Å². The van der Waals surface area contributed by atoms with E-state index in [-0.39, 0.29) is 0 Å². The third-order valence-electron chi connectivity index (χ3n) is 2.63. The zero-order valence-corrected chi connectivity index (χ0v) is 9.43. The number of rotatable bonds is 4. The van der Waals surface area contributed by atoms with Gasteiger partial charge in [-0.25, -0.2) is 0 Å². The number of hydrogen-bond donors (Lipinski definition) is 1. The van der Waals surface area contributed by atoms with Crippen molar-refractivity contribution in [2.45, 2.75) is 38.8 Å². The SMILES string of the molecule is CCc1nn(C)c(Cl)c1CNC1CC1. The average Bonchev–Trinajstić information content (AvgIpc) is 2.95. The summed E-state index contributed by atoms with van der Waals surface area (Å²) in [6.07, 6.45) is 3.56. The van der Waals surface area contributed by atoms with Gasteiger partial charge in [-0.3, -0.25) is 4.68 Å². The van der Waals surface area contributed by atoms with Gasteiger partial charge in [-0.15, -0.1) is 0 Å². The molecule has 0 amide bonds. The van der Waals surface area contributed by atoms with Crippen LogP contribution in [0.5, 0.6) is 0 Å². The molecule has 4 heteroatoms. The smallest absolute Gasteiger partial charge is 0.131 e. The van der Waals surface area contributed by atoms with Gasteiger partial charge in [-0.1, -0.05) is 18.5 Å². The van der Waals surface area contributed by atoms with Crippen LogP contribution >= 0.6 is 11.6 Å². The predicted octanol–water partition coefficient (Wildman–Crippen LogP) is 1.89. The van der Waals surface area contributed by atoms with Crippen molar-refractivity contribution >= 4 is 11.6 Å². The summed E-state index contributed by atoms with van der Waals surface area (Å²) in [7, 11) is 1.89. The van der Waals surface area contributed by atoms with Gasteiger partial charge in [0.1, 0.15) is 5.15 Å². The van der Waals surface area contributed by atoms with E-state index in [1.807, 2.05) is 7.05 Å². The Hall–Kier alpha value is -0.540. The molecular weight excluding hydrogens is 198 g/mol. The fraction of sp³-hybridized carbons (Fsp3) is 0.700. The number of halogens is 1. The maximum atomic E-state index is 6.16. The van der Waals surface area contributed by atoms with Gasteiger partial charge >= 0.3 is 0 Å². The lowest BCUT2D eigenvalue weighted by molar-refractivity contribution is 0.683. The van der Waals surface area contributed by atoms with Crippen molar-refractivity contribution in [2.75, 3.05) is 0 Å². The fourth-order valence-corrected chi connectivity index (χ4v) is 1.81. The monoisotopic (exact) mass is 213 g/mol.